The average Bonchev–Trinajstić information content (AvgIpc) is 2.87. The van der Waals surface area contributed by atoms with E-state index in [1.54, 1.807) is 0 Å². The van der Waals surface area contributed by atoms with Gasteiger partial charge in [-0.25, -0.2) is 0 Å². The minimum absolute atomic E-state index is 0.998. The third-order valence-corrected chi connectivity index (χ3v) is 5.13. The van der Waals surface area contributed by atoms with Crippen LogP contribution < -0.4 is 0 Å². The van der Waals surface area contributed by atoms with Crippen molar-refractivity contribution in [1.29, 1.82) is 0 Å². The summed E-state index contributed by atoms with van der Waals surface area (Å²) in [6.45, 7) is 27.0. The van der Waals surface area contributed by atoms with Gasteiger partial charge in [0.05, 0.1) is 0 Å². The van der Waals surface area contributed by atoms with Gasteiger partial charge in [-0.3, -0.25) is 0 Å². The Morgan fingerprint density at radius 1 is 0.688 bits per heavy atom. The summed E-state index contributed by atoms with van der Waals surface area (Å²) in [4.78, 5) is 0. The predicted molar refractivity (Wildman–Crippen MR) is 158 cm³/mol. The molecule has 0 aromatic rings. The third-order valence-electron chi connectivity index (χ3n) is 5.13. The molecule has 0 amide bonds. The van der Waals surface area contributed by atoms with E-state index in [4.69, 9.17) is 0 Å². The Kier molecular flexibility index (Phi) is 62.0. The first-order chi connectivity index (χ1) is 15.7. The van der Waals surface area contributed by atoms with Crippen LogP contribution in [0.15, 0.2) is 37.5 Å². The monoisotopic (exact) mass is 453 g/mol. The number of hydrogen-bond acceptors (Lipinski definition) is 0. The molecular formula is C32H68. The van der Waals surface area contributed by atoms with Gasteiger partial charge in [0.2, 0.25) is 0 Å². The minimum atomic E-state index is 0.998. The van der Waals surface area contributed by atoms with Crippen LogP contribution in [0.4, 0.5) is 0 Å². The molecule has 0 bridgehead atoms. The fourth-order valence-electron chi connectivity index (χ4n) is 3.58. The Morgan fingerprint density at radius 2 is 1.19 bits per heavy atom. The van der Waals surface area contributed by atoms with Crippen LogP contribution in [0, 0.1) is 11.8 Å². The van der Waals surface area contributed by atoms with Crippen LogP contribution in [0.5, 0.6) is 0 Å². The Hall–Kier alpha value is -0.780. The summed E-state index contributed by atoms with van der Waals surface area (Å²) in [5, 5.41) is 0. The quantitative estimate of drug-likeness (QED) is 0.216. The summed E-state index contributed by atoms with van der Waals surface area (Å²) >= 11 is 0. The molecule has 0 spiro atoms. The summed E-state index contributed by atoms with van der Waals surface area (Å²) in [6.07, 6.45) is 28.6. The molecule has 32 heavy (non-hydrogen) atoms. The van der Waals surface area contributed by atoms with Crippen molar-refractivity contribution >= 4 is 0 Å². The van der Waals surface area contributed by atoms with Crippen molar-refractivity contribution in [3.8, 4) is 0 Å². The molecule has 0 heterocycles. The van der Waals surface area contributed by atoms with Crippen molar-refractivity contribution in [3.63, 3.8) is 0 Å². The van der Waals surface area contributed by atoms with Crippen LogP contribution in [0.25, 0.3) is 0 Å². The molecule has 1 fully saturated rings. The molecular weight excluding hydrogens is 384 g/mol. The summed E-state index contributed by atoms with van der Waals surface area (Å²) in [6, 6.07) is 0. The Morgan fingerprint density at radius 3 is 1.66 bits per heavy atom. The molecule has 0 N–H and O–H groups in total. The van der Waals surface area contributed by atoms with Crippen molar-refractivity contribution in [2.45, 2.75) is 159 Å². The molecule has 0 aromatic carbocycles. The Bertz CT molecular complexity index is 299. The lowest BCUT2D eigenvalue weighted by Gasteiger charge is -2.26. The van der Waals surface area contributed by atoms with Crippen LogP contribution in [0.2, 0.25) is 0 Å². The van der Waals surface area contributed by atoms with Gasteiger partial charge in [-0.2, -0.15) is 0 Å². The van der Waals surface area contributed by atoms with Gasteiger partial charge >= 0.3 is 0 Å². The third kappa shape index (κ3) is 43.2. The first-order valence-electron chi connectivity index (χ1n) is 14.5. The van der Waals surface area contributed by atoms with E-state index in [0.29, 0.717) is 0 Å². The van der Waals surface area contributed by atoms with Gasteiger partial charge in [-0.1, -0.05) is 138 Å². The molecule has 1 aliphatic carbocycles. The Balaban J connectivity index is -0.000000136. The first kappa shape index (κ1) is 41.5. The molecule has 0 saturated heterocycles. The van der Waals surface area contributed by atoms with Crippen LogP contribution in [0.1, 0.15) is 159 Å². The van der Waals surface area contributed by atoms with E-state index in [2.05, 4.69) is 65.2 Å². The maximum Gasteiger partial charge on any atom is -0.0351 e. The summed E-state index contributed by atoms with van der Waals surface area (Å²) in [5.74, 6) is 2.05. The second-order valence-corrected chi connectivity index (χ2v) is 7.75. The zero-order chi connectivity index (χ0) is 25.9. The molecule has 2 unspecified atom stereocenters. The number of unbranched alkanes of at least 4 members (excludes halogenated alkanes) is 6. The molecule has 1 saturated carbocycles. The zero-order valence-electron chi connectivity index (χ0n) is 24.8. The van der Waals surface area contributed by atoms with Crippen LogP contribution in [-0.2, 0) is 0 Å². The van der Waals surface area contributed by atoms with E-state index in [9.17, 15) is 0 Å². The van der Waals surface area contributed by atoms with Crippen molar-refractivity contribution in [1.82, 2.24) is 0 Å². The normalized spacial score (nSPS) is 16.6. The number of allylic oxidation sites excluding steroid dienone is 4. The lowest BCUT2D eigenvalue weighted by molar-refractivity contribution is 0.266. The van der Waals surface area contributed by atoms with Crippen LogP contribution in [-0.4, -0.2) is 0 Å². The van der Waals surface area contributed by atoms with E-state index in [0.717, 1.165) is 11.8 Å². The van der Waals surface area contributed by atoms with Gasteiger partial charge in [0.1, 0.15) is 0 Å². The SMILES string of the molecule is C/C=C/CCCC.C=C.CC.CC.CC.CCCCC/C=C\CCCC1CCCC(C)C1. The molecule has 0 aliphatic heterocycles. The summed E-state index contributed by atoms with van der Waals surface area (Å²) in [7, 11) is 0. The average molecular weight is 453 g/mol. The highest BCUT2D eigenvalue weighted by Crippen LogP contribution is 2.31. The molecule has 0 radical (unpaired) electrons. The van der Waals surface area contributed by atoms with Gasteiger partial charge in [0.15, 0.2) is 0 Å². The maximum absolute atomic E-state index is 3.00. The van der Waals surface area contributed by atoms with Gasteiger partial charge in [-0.15, -0.1) is 13.2 Å². The molecule has 0 aromatic heterocycles. The maximum atomic E-state index is 3.00. The highest BCUT2D eigenvalue weighted by atomic mass is 14.2. The van der Waals surface area contributed by atoms with Crippen LogP contribution >= 0.6 is 0 Å². The Labute approximate surface area is 208 Å². The summed E-state index contributed by atoms with van der Waals surface area (Å²) < 4.78 is 0. The highest BCUT2D eigenvalue weighted by molar-refractivity contribution is 4.82. The lowest BCUT2D eigenvalue weighted by atomic mass is 9.80. The van der Waals surface area contributed by atoms with Crippen molar-refractivity contribution in [2.75, 3.05) is 0 Å². The van der Waals surface area contributed by atoms with Crippen molar-refractivity contribution < 1.29 is 0 Å². The van der Waals surface area contributed by atoms with Gasteiger partial charge in [0.25, 0.3) is 0 Å². The molecule has 2 atom stereocenters. The zero-order valence-corrected chi connectivity index (χ0v) is 24.8. The molecule has 196 valence electrons. The van der Waals surface area contributed by atoms with E-state index in [1.165, 1.54) is 89.9 Å². The predicted octanol–water partition coefficient (Wildman–Crippen LogP) is 12.8. The minimum Gasteiger partial charge on any atom is -0.106 e. The van der Waals surface area contributed by atoms with Crippen LogP contribution in [0.3, 0.4) is 0 Å². The number of rotatable bonds is 11. The summed E-state index contributed by atoms with van der Waals surface area (Å²) in [5.41, 5.74) is 0. The second kappa shape index (κ2) is 47.9. The number of hydrogen-bond donors (Lipinski definition) is 0. The molecule has 0 nitrogen and oxygen atoms in total. The molecule has 1 rings (SSSR count). The molecule has 1 aliphatic rings. The highest BCUT2D eigenvalue weighted by Gasteiger charge is 2.17. The topological polar surface area (TPSA) is 0 Å². The molecule has 0 heteroatoms. The fraction of sp³-hybridized carbons (Fsp3) is 0.812. The van der Waals surface area contributed by atoms with Gasteiger partial charge in [-0.05, 0) is 57.3 Å². The van der Waals surface area contributed by atoms with E-state index < -0.39 is 0 Å². The second-order valence-electron chi connectivity index (χ2n) is 7.75. The van der Waals surface area contributed by atoms with Gasteiger partial charge < -0.3 is 0 Å². The van der Waals surface area contributed by atoms with E-state index in [-0.39, 0.29) is 0 Å². The smallest absolute Gasteiger partial charge is 0.0351 e. The van der Waals surface area contributed by atoms with E-state index >= 15 is 0 Å². The first-order valence-corrected chi connectivity index (χ1v) is 14.5. The largest absolute Gasteiger partial charge is 0.106 e. The fourth-order valence-corrected chi connectivity index (χ4v) is 3.58. The van der Waals surface area contributed by atoms with Gasteiger partial charge in [0, 0.05) is 0 Å². The van der Waals surface area contributed by atoms with E-state index in [1.807, 2.05) is 41.5 Å². The lowest BCUT2D eigenvalue weighted by Crippen LogP contribution is -2.12. The van der Waals surface area contributed by atoms with Crippen molar-refractivity contribution in [3.05, 3.63) is 37.5 Å². The standard InChI is InChI=1S/C17H32.C7H14.3C2H6.C2H4/c1-3-4-5-6-7-8-9-10-13-17-14-11-12-16(2)15-17;1-3-5-7-6-4-2;4*1-2/h7-8,16-17H,3-6,9-15H2,1-2H3;3,5H,4,6-7H2,1-2H3;3*1-2H3;1-2H2/b8-7-;5-3+;;;;. The van der Waals surface area contributed by atoms with Crippen molar-refractivity contribution in [2.24, 2.45) is 11.8 Å².